The van der Waals surface area contributed by atoms with Crippen molar-refractivity contribution in [1.29, 1.82) is 5.26 Å². The van der Waals surface area contributed by atoms with Crippen molar-refractivity contribution in [1.82, 2.24) is 27.8 Å². The molecule has 2 aliphatic heterocycles. The standard InChI is InChI=1S/C18H22N6O3S.C17H22BrN5O3S/c1-10-14-9-23(28(2,26)27)8-12(14)4-15(10)22-17-13(18(20)25)6-21-24-7-11(5-19)3-16(17)24;1-9-13-8-22(27(2,25)26)6-10(13)3-14(9)21-16-12(17(19)24)5-20-23-7-11(18)4-15(16)23/h3,6-7,10,12,14-15,22H,4,8-9H2,1-2H3,(H2,20,25);4-5,7,9-10,13-14,21H,3,6,8H2,1-2H3,(H2,19,24)/t10-,12-,14-,15-;9-,10-,13-,14-/m11/s1. The quantitative estimate of drug-likeness (QED) is 0.200. The lowest BCUT2D eigenvalue weighted by Gasteiger charge is -2.25. The lowest BCUT2D eigenvalue weighted by atomic mass is 9.93. The second-order valence-corrected chi connectivity index (χ2v) is 20.3. The number of anilines is 2. The molecule has 8 rings (SSSR count). The maximum atomic E-state index is 11.9. The van der Waals surface area contributed by atoms with E-state index in [4.69, 9.17) is 11.5 Å². The summed E-state index contributed by atoms with van der Waals surface area (Å²) in [7, 11) is -6.34. The Morgan fingerprint density at radius 1 is 0.782 bits per heavy atom. The topological polar surface area (TPSA) is 243 Å². The number of carbonyl (C=O) groups is 2. The minimum absolute atomic E-state index is 0.0708. The number of amides is 2. The van der Waals surface area contributed by atoms with E-state index >= 15 is 0 Å². The maximum absolute atomic E-state index is 11.9. The minimum Gasteiger partial charge on any atom is -0.380 e. The van der Waals surface area contributed by atoms with E-state index in [2.05, 4.69) is 56.7 Å². The van der Waals surface area contributed by atoms with Crippen LogP contribution in [0.25, 0.3) is 11.0 Å². The summed E-state index contributed by atoms with van der Waals surface area (Å²) in [6.45, 7) is 6.44. The highest BCUT2D eigenvalue weighted by molar-refractivity contribution is 9.10. The molecule has 6 heterocycles. The van der Waals surface area contributed by atoms with Crippen LogP contribution < -0.4 is 22.1 Å². The van der Waals surface area contributed by atoms with Crippen molar-refractivity contribution >= 4 is 70.2 Å². The van der Waals surface area contributed by atoms with Gasteiger partial charge in [-0.2, -0.15) is 15.5 Å². The molecule has 4 aromatic heterocycles. The Labute approximate surface area is 327 Å². The first-order valence-electron chi connectivity index (χ1n) is 17.9. The normalized spacial score (nSPS) is 28.1. The van der Waals surface area contributed by atoms with Gasteiger partial charge in [0.1, 0.15) is 6.07 Å². The average Bonchev–Trinajstić information content (AvgIpc) is 3.94. The van der Waals surface area contributed by atoms with Crippen LogP contribution >= 0.6 is 15.9 Å². The Hall–Kier alpha value is -4.29. The zero-order valence-corrected chi connectivity index (χ0v) is 34.0. The third-order valence-electron chi connectivity index (χ3n) is 12.1. The average molecular weight is 859 g/mol. The molecule has 0 spiro atoms. The number of nitrogens with zero attached hydrogens (tertiary/aromatic N) is 7. The van der Waals surface area contributed by atoms with Gasteiger partial charge in [0.15, 0.2) is 0 Å². The molecule has 0 unspecified atom stereocenters. The van der Waals surface area contributed by atoms with Crippen LogP contribution in [-0.4, -0.2) is 107 Å². The first-order chi connectivity index (χ1) is 25.8. The highest BCUT2D eigenvalue weighted by Crippen LogP contribution is 2.46. The number of hydrogen-bond donors (Lipinski definition) is 4. The monoisotopic (exact) mass is 857 g/mol. The summed E-state index contributed by atoms with van der Waals surface area (Å²) in [5.74, 6) is 0.545. The molecule has 2 saturated carbocycles. The molecule has 8 atom stereocenters. The van der Waals surface area contributed by atoms with Crippen LogP contribution in [0.5, 0.6) is 0 Å². The van der Waals surface area contributed by atoms with Crippen molar-refractivity contribution in [3.63, 3.8) is 0 Å². The predicted molar refractivity (Wildman–Crippen MR) is 209 cm³/mol. The number of halogens is 1. The molecule has 55 heavy (non-hydrogen) atoms. The first kappa shape index (κ1) is 39.0. The van der Waals surface area contributed by atoms with Crippen LogP contribution in [-0.2, 0) is 20.0 Å². The summed E-state index contributed by atoms with van der Waals surface area (Å²) < 4.78 is 54.7. The van der Waals surface area contributed by atoms with E-state index in [9.17, 15) is 31.7 Å². The van der Waals surface area contributed by atoms with E-state index < -0.39 is 31.9 Å². The van der Waals surface area contributed by atoms with Gasteiger partial charge in [0.25, 0.3) is 11.8 Å². The summed E-state index contributed by atoms with van der Waals surface area (Å²) in [6, 6.07) is 5.86. The van der Waals surface area contributed by atoms with Gasteiger partial charge in [-0.1, -0.05) is 13.8 Å². The molecule has 4 aromatic rings. The number of aromatic nitrogens is 4. The van der Waals surface area contributed by atoms with Crippen LogP contribution in [0.15, 0.2) is 41.4 Å². The molecule has 0 bridgehead atoms. The van der Waals surface area contributed by atoms with Crippen LogP contribution in [0.1, 0.15) is 53.0 Å². The lowest BCUT2D eigenvalue weighted by molar-refractivity contribution is 0.0992. The SMILES string of the molecule is C[C@@H]1[C@H]2CN(S(C)(=O)=O)C[C@H]2C[C@H]1Nc1c(C(N)=O)cnn2cc(Br)cc12.C[C@@H]1[C@H]2CN(S(C)(=O)=O)C[C@H]2C[C@H]1Nc1c(C(N)=O)cnn2cc(C#N)cc12. The van der Waals surface area contributed by atoms with Crippen molar-refractivity contribution in [3.8, 4) is 6.07 Å². The summed E-state index contributed by atoms with van der Waals surface area (Å²) in [5.41, 5.74) is 14.8. The second-order valence-electron chi connectivity index (χ2n) is 15.5. The van der Waals surface area contributed by atoms with Gasteiger partial charge in [0.2, 0.25) is 20.0 Å². The van der Waals surface area contributed by atoms with E-state index in [-0.39, 0.29) is 41.3 Å². The number of hydrogen-bond acceptors (Lipinski definition) is 11. The van der Waals surface area contributed by atoms with E-state index in [1.807, 2.05) is 12.3 Å². The molecule has 2 aliphatic carbocycles. The molecular formula is C35H44BrN11O6S2. The number of rotatable bonds is 8. The van der Waals surface area contributed by atoms with Crippen LogP contribution in [0.2, 0.25) is 0 Å². The van der Waals surface area contributed by atoms with Gasteiger partial charge in [0, 0.05) is 55.1 Å². The molecule has 20 heteroatoms. The largest absolute Gasteiger partial charge is 0.380 e. The molecular weight excluding hydrogens is 814 g/mol. The lowest BCUT2D eigenvalue weighted by Crippen LogP contribution is -2.33. The maximum Gasteiger partial charge on any atom is 0.252 e. The van der Waals surface area contributed by atoms with Crippen LogP contribution in [0.4, 0.5) is 11.4 Å². The van der Waals surface area contributed by atoms with Crippen LogP contribution in [0.3, 0.4) is 0 Å². The molecule has 294 valence electrons. The number of nitrogens with two attached hydrogens (primary N) is 2. The van der Waals surface area contributed by atoms with E-state index in [1.54, 1.807) is 29.9 Å². The van der Waals surface area contributed by atoms with E-state index in [0.717, 1.165) is 22.8 Å². The summed E-state index contributed by atoms with van der Waals surface area (Å²) in [6.07, 6.45) is 10.5. The smallest absolute Gasteiger partial charge is 0.252 e. The molecule has 6 N–H and O–H groups in total. The van der Waals surface area contributed by atoms with Crippen LogP contribution in [0, 0.1) is 46.8 Å². The zero-order valence-electron chi connectivity index (χ0n) is 30.8. The summed E-state index contributed by atoms with van der Waals surface area (Å²) in [4.78, 5) is 23.9. The van der Waals surface area contributed by atoms with E-state index in [1.165, 1.54) is 24.9 Å². The predicted octanol–water partition coefficient (Wildman–Crippen LogP) is 2.16. The molecule has 0 radical (unpaired) electrons. The van der Waals surface area contributed by atoms with Crippen molar-refractivity contribution in [2.45, 2.75) is 38.8 Å². The Bertz CT molecular complexity index is 2460. The number of primary amides is 2. The second kappa shape index (κ2) is 14.3. The van der Waals surface area contributed by atoms with Gasteiger partial charge in [-0.15, -0.1) is 0 Å². The van der Waals surface area contributed by atoms with Crippen molar-refractivity contribution < 1.29 is 26.4 Å². The Kier molecular flexibility index (Phi) is 10.2. The Balaban J connectivity index is 0.000000169. The van der Waals surface area contributed by atoms with Gasteiger partial charge in [-0.3, -0.25) is 9.59 Å². The number of nitrogens with one attached hydrogen (secondary N) is 2. The van der Waals surface area contributed by atoms with Gasteiger partial charge >= 0.3 is 0 Å². The highest BCUT2D eigenvalue weighted by atomic mass is 79.9. The fourth-order valence-corrected chi connectivity index (χ4v) is 11.4. The number of sulfonamides is 2. The molecule has 4 aliphatic rings. The van der Waals surface area contributed by atoms with Crippen molar-refractivity contribution in [2.75, 3.05) is 49.3 Å². The minimum atomic E-state index is -3.18. The third-order valence-corrected chi connectivity index (χ3v) is 15.1. The number of fused-ring (bicyclic) bond motifs is 4. The van der Waals surface area contributed by atoms with Crippen molar-refractivity contribution in [2.24, 2.45) is 47.0 Å². The fourth-order valence-electron chi connectivity index (χ4n) is 9.19. The first-order valence-corrected chi connectivity index (χ1v) is 22.4. The molecule has 2 amide bonds. The molecule has 2 saturated heterocycles. The summed E-state index contributed by atoms with van der Waals surface area (Å²) >= 11 is 3.44. The third kappa shape index (κ3) is 7.39. The van der Waals surface area contributed by atoms with Gasteiger partial charge in [-0.05, 0) is 76.4 Å². The van der Waals surface area contributed by atoms with Gasteiger partial charge in [0.05, 0.1) is 64.0 Å². The van der Waals surface area contributed by atoms with Crippen molar-refractivity contribution in [3.05, 3.63) is 58.1 Å². The Morgan fingerprint density at radius 2 is 1.22 bits per heavy atom. The van der Waals surface area contributed by atoms with Gasteiger partial charge < -0.3 is 22.1 Å². The van der Waals surface area contributed by atoms with E-state index in [0.29, 0.717) is 66.0 Å². The number of nitriles is 1. The molecule has 0 aromatic carbocycles. The summed E-state index contributed by atoms with van der Waals surface area (Å²) in [5, 5.41) is 24.6. The molecule has 4 fully saturated rings. The number of carbonyl (C=O) groups excluding carboxylic acids is 2. The fraction of sp³-hybridized carbons (Fsp3) is 0.514. The molecule has 17 nitrogen and oxygen atoms in total. The Morgan fingerprint density at radius 3 is 1.62 bits per heavy atom. The zero-order chi connectivity index (χ0) is 39.7. The highest BCUT2D eigenvalue weighted by Gasteiger charge is 2.49. The van der Waals surface area contributed by atoms with Gasteiger partial charge in [-0.25, -0.2) is 34.5 Å².